The van der Waals surface area contributed by atoms with Crippen molar-refractivity contribution in [1.82, 2.24) is 19.1 Å². The number of hydrogen-bond acceptors (Lipinski definition) is 4. The van der Waals surface area contributed by atoms with Crippen LogP contribution < -0.4 is 11.2 Å². The maximum Gasteiger partial charge on any atom is 0.332 e. The number of unbranched alkanes of at least 4 members (excludes halogenated alkanes) is 2. The van der Waals surface area contributed by atoms with E-state index in [4.69, 9.17) is 0 Å². The fourth-order valence-electron chi connectivity index (χ4n) is 2.39. The first-order valence-electron chi connectivity index (χ1n) is 7.16. The van der Waals surface area contributed by atoms with Gasteiger partial charge in [-0.1, -0.05) is 12.8 Å². The maximum atomic E-state index is 12.2. The predicted molar refractivity (Wildman–Crippen MR) is 80.4 cm³/mol. The summed E-state index contributed by atoms with van der Waals surface area (Å²) in [5, 5.41) is 9.63. The summed E-state index contributed by atoms with van der Waals surface area (Å²) in [6.07, 6.45) is 4.58. The molecule has 2 heterocycles. The smallest absolute Gasteiger partial charge is 0.332 e. The molecule has 0 saturated carbocycles. The molecule has 2 rings (SSSR count). The zero-order valence-electron chi connectivity index (χ0n) is 12.7. The van der Waals surface area contributed by atoms with Crippen molar-refractivity contribution in [2.45, 2.75) is 51.7 Å². The van der Waals surface area contributed by atoms with Crippen LogP contribution in [0.15, 0.2) is 15.9 Å². The van der Waals surface area contributed by atoms with Crippen molar-refractivity contribution in [3.8, 4) is 0 Å². The van der Waals surface area contributed by atoms with Crippen molar-refractivity contribution >= 4 is 11.2 Å². The van der Waals surface area contributed by atoms with Gasteiger partial charge in [0.2, 0.25) is 0 Å². The van der Waals surface area contributed by atoms with Crippen LogP contribution in [0.4, 0.5) is 0 Å². The molecule has 116 valence electrons. The van der Waals surface area contributed by atoms with E-state index in [1.54, 1.807) is 20.9 Å². The highest BCUT2D eigenvalue weighted by Gasteiger charge is 2.13. The number of fused-ring (bicyclic) bond motifs is 1. The summed E-state index contributed by atoms with van der Waals surface area (Å²) in [5.74, 6) is 0. The van der Waals surface area contributed by atoms with Crippen LogP contribution in [0.2, 0.25) is 0 Å². The lowest BCUT2D eigenvalue weighted by atomic mass is 10.0. The van der Waals surface area contributed by atoms with E-state index >= 15 is 0 Å². The number of rotatable bonds is 6. The molecule has 7 nitrogen and oxygen atoms in total. The molecule has 21 heavy (non-hydrogen) atoms. The van der Waals surface area contributed by atoms with Gasteiger partial charge in [0.15, 0.2) is 5.65 Å². The molecule has 7 heteroatoms. The molecule has 0 aliphatic carbocycles. The van der Waals surface area contributed by atoms with Gasteiger partial charge in [0, 0.05) is 13.6 Å². The predicted octanol–water partition coefficient (Wildman–Crippen LogP) is 0.755. The highest BCUT2D eigenvalue weighted by Crippen LogP contribution is 2.13. The number of aromatic amines is 1. The summed E-state index contributed by atoms with van der Waals surface area (Å²) < 4.78 is 2.62. The molecule has 0 aromatic carbocycles. The van der Waals surface area contributed by atoms with Gasteiger partial charge in [-0.15, -0.1) is 0 Å². The molecule has 0 radical (unpaired) electrons. The molecular formula is C14H22N4O3. The molecule has 2 N–H and O–H groups in total. The third-order valence-electron chi connectivity index (χ3n) is 3.58. The Balaban J connectivity index is 2.09. The third kappa shape index (κ3) is 3.41. The van der Waals surface area contributed by atoms with Crippen LogP contribution >= 0.6 is 0 Å². The first-order valence-corrected chi connectivity index (χ1v) is 7.16. The van der Waals surface area contributed by atoms with Crippen LogP contribution in [-0.4, -0.2) is 29.8 Å². The average molecular weight is 294 g/mol. The van der Waals surface area contributed by atoms with Crippen LogP contribution in [0, 0.1) is 0 Å². The summed E-state index contributed by atoms with van der Waals surface area (Å²) in [6, 6.07) is 0. The number of aliphatic hydroxyl groups is 1. The molecule has 0 atom stereocenters. The van der Waals surface area contributed by atoms with Crippen molar-refractivity contribution in [1.29, 1.82) is 0 Å². The van der Waals surface area contributed by atoms with E-state index in [0.717, 1.165) is 19.3 Å². The molecule has 0 saturated heterocycles. The maximum absolute atomic E-state index is 12.2. The highest BCUT2D eigenvalue weighted by atomic mass is 16.3. The molecule has 0 aliphatic rings. The molecule has 2 aromatic heterocycles. The zero-order chi connectivity index (χ0) is 15.6. The number of aromatic nitrogens is 4. The Bertz CT molecular complexity index is 733. The summed E-state index contributed by atoms with van der Waals surface area (Å²) >= 11 is 0. The van der Waals surface area contributed by atoms with Crippen molar-refractivity contribution in [2.24, 2.45) is 7.05 Å². The lowest BCUT2D eigenvalue weighted by Gasteiger charge is -2.16. The second-order valence-electron chi connectivity index (χ2n) is 6.02. The Kier molecular flexibility index (Phi) is 4.32. The standard InChI is InChI=1S/C14H22N4O3/c1-14(2,21)7-5-4-6-8-18-12(19)10-11(16-9-15-10)17(3)13(18)20/h9,21H,4-8H2,1-3H3,(H,15,16). The van der Waals surface area contributed by atoms with Gasteiger partial charge in [0.1, 0.15) is 5.52 Å². The molecule has 2 aromatic rings. The summed E-state index contributed by atoms with van der Waals surface area (Å²) in [6.45, 7) is 3.94. The van der Waals surface area contributed by atoms with E-state index in [2.05, 4.69) is 9.97 Å². The minimum absolute atomic E-state index is 0.326. The van der Waals surface area contributed by atoms with Gasteiger partial charge >= 0.3 is 5.69 Å². The summed E-state index contributed by atoms with van der Waals surface area (Å²) in [7, 11) is 1.61. The van der Waals surface area contributed by atoms with Crippen LogP contribution in [0.1, 0.15) is 39.5 Å². The van der Waals surface area contributed by atoms with E-state index in [9.17, 15) is 14.7 Å². The Morgan fingerprint density at radius 1 is 1.29 bits per heavy atom. The monoisotopic (exact) mass is 294 g/mol. The van der Waals surface area contributed by atoms with Gasteiger partial charge in [-0.3, -0.25) is 13.9 Å². The molecular weight excluding hydrogens is 272 g/mol. The second kappa shape index (κ2) is 5.85. The highest BCUT2D eigenvalue weighted by molar-refractivity contribution is 5.68. The number of hydrogen-bond donors (Lipinski definition) is 2. The van der Waals surface area contributed by atoms with Gasteiger partial charge in [-0.05, 0) is 26.7 Å². The van der Waals surface area contributed by atoms with Crippen molar-refractivity contribution in [2.75, 3.05) is 0 Å². The second-order valence-corrected chi connectivity index (χ2v) is 6.02. The van der Waals surface area contributed by atoms with Gasteiger partial charge in [-0.25, -0.2) is 9.78 Å². The fraction of sp³-hybridized carbons (Fsp3) is 0.643. The largest absolute Gasteiger partial charge is 0.390 e. The Hall–Kier alpha value is -1.89. The Morgan fingerprint density at radius 2 is 2.00 bits per heavy atom. The van der Waals surface area contributed by atoms with Crippen LogP contribution in [0.5, 0.6) is 0 Å². The van der Waals surface area contributed by atoms with Crippen LogP contribution in [0.25, 0.3) is 11.2 Å². The number of aryl methyl sites for hydroxylation is 1. The van der Waals surface area contributed by atoms with E-state index in [-0.39, 0.29) is 11.2 Å². The lowest BCUT2D eigenvalue weighted by molar-refractivity contribution is 0.0679. The average Bonchev–Trinajstić information content (AvgIpc) is 2.87. The van der Waals surface area contributed by atoms with Crippen molar-refractivity contribution < 1.29 is 5.11 Å². The SMILES string of the molecule is Cn1c(=O)n(CCCCCC(C)(C)O)c(=O)c2[nH]cnc21. The van der Waals surface area contributed by atoms with Crippen molar-refractivity contribution in [3.63, 3.8) is 0 Å². The minimum atomic E-state index is -0.665. The van der Waals surface area contributed by atoms with Crippen molar-refractivity contribution in [3.05, 3.63) is 27.2 Å². The van der Waals surface area contributed by atoms with Gasteiger partial charge in [0.25, 0.3) is 5.56 Å². The van der Waals surface area contributed by atoms with Gasteiger partial charge in [0.05, 0.1) is 11.9 Å². The molecule has 0 bridgehead atoms. The molecule has 0 fully saturated rings. The fourth-order valence-corrected chi connectivity index (χ4v) is 2.39. The topological polar surface area (TPSA) is 92.9 Å². The summed E-state index contributed by atoms with van der Waals surface area (Å²) in [4.78, 5) is 31.1. The van der Waals surface area contributed by atoms with Crippen LogP contribution in [-0.2, 0) is 13.6 Å². The number of H-pyrrole nitrogens is 1. The number of imidazole rings is 1. The molecule has 0 spiro atoms. The lowest BCUT2D eigenvalue weighted by Crippen LogP contribution is -2.39. The van der Waals surface area contributed by atoms with E-state index < -0.39 is 5.60 Å². The third-order valence-corrected chi connectivity index (χ3v) is 3.58. The molecule has 0 aliphatic heterocycles. The van der Waals surface area contributed by atoms with Gasteiger partial charge < -0.3 is 10.1 Å². The van der Waals surface area contributed by atoms with E-state index in [0.29, 0.717) is 24.1 Å². The Morgan fingerprint density at radius 3 is 2.67 bits per heavy atom. The normalized spacial score (nSPS) is 12.2. The summed E-state index contributed by atoms with van der Waals surface area (Å²) in [5.41, 5.74) is -0.603. The van der Waals surface area contributed by atoms with E-state index in [1.807, 2.05) is 0 Å². The van der Waals surface area contributed by atoms with E-state index in [1.165, 1.54) is 15.5 Å². The molecule has 0 unspecified atom stereocenters. The van der Waals surface area contributed by atoms with Gasteiger partial charge in [-0.2, -0.15) is 0 Å². The first-order chi connectivity index (χ1) is 9.81. The quantitative estimate of drug-likeness (QED) is 0.769. The first kappa shape index (κ1) is 15.5. The number of nitrogens with zero attached hydrogens (tertiary/aromatic N) is 3. The molecule has 0 amide bonds. The Labute approximate surface area is 122 Å². The number of nitrogens with one attached hydrogen (secondary N) is 1. The minimum Gasteiger partial charge on any atom is -0.390 e. The van der Waals surface area contributed by atoms with Crippen LogP contribution in [0.3, 0.4) is 0 Å². The zero-order valence-corrected chi connectivity index (χ0v) is 12.7.